The molecule has 3 aliphatic rings. The van der Waals surface area contributed by atoms with Gasteiger partial charge in [0, 0.05) is 70.6 Å². The largest absolute Gasteiger partial charge is 0.310 e. The molecule has 494 valence electrons. The third-order valence-electron chi connectivity index (χ3n) is 22.4. The minimum absolute atomic E-state index is 0.00988. The number of para-hydroxylation sites is 1. The smallest absolute Gasteiger partial charge is 0.264 e. The van der Waals surface area contributed by atoms with Crippen molar-refractivity contribution < 1.29 is 4.11 Å². The first-order valence-corrected chi connectivity index (χ1v) is 37.1. The van der Waals surface area contributed by atoms with E-state index in [2.05, 4.69) is 346 Å². The monoisotopic (exact) mass is 1330 g/mol. The minimum atomic E-state index is -0.621. The number of fused-ring (bicyclic) bond motifs is 10. The van der Waals surface area contributed by atoms with Gasteiger partial charge in [-0.25, -0.2) is 0 Å². The lowest BCUT2D eigenvalue weighted by atomic mass is 9.36. The van der Waals surface area contributed by atoms with Gasteiger partial charge in [-0.05, 0) is 200 Å². The average molecular weight is 1340 g/mol. The normalized spacial score (nSPS) is 14.2. The molecule has 0 amide bonds. The third kappa shape index (κ3) is 9.53. The van der Waals surface area contributed by atoms with Crippen molar-refractivity contribution in [3.8, 4) is 50.2 Å². The van der Waals surface area contributed by atoms with Crippen LogP contribution in [0.5, 0.6) is 0 Å². The van der Waals surface area contributed by atoms with Gasteiger partial charge in [0.15, 0.2) is 0 Å². The van der Waals surface area contributed by atoms with Crippen molar-refractivity contribution in [3.05, 3.63) is 294 Å². The maximum Gasteiger partial charge on any atom is 0.264 e. The van der Waals surface area contributed by atoms with Crippen molar-refractivity contribution in [2.24, 2.45) is 0 Å². The zero-order valence-corrected chi connectivity index (χ0v) is 61.0. The highest BCUT2D eigenvalue weighted by Crippen LogP contribution is 2.58. The zero-order chi connectivity index (χ0) is 72.2. The van der Waals surface area contributed by atoms with Crippen LogP contribution in [0.1, 0.15) is 121 Å². The van der Waals surface area contributed by atoms with Gasteiger partial charge in [-0.1, -0.05) is 277 Å². The summed E-state index contributed by atoms with van der Waals surface area (Å²) in [7, 11) is 0. The molecule has 0 saturated heterocycles. The second kappa shape index (κ2) is 22.4. The lowest BCUT2D eigenvalue weighted by Gasteiger charge is -2.46. The molecule has 1 aliphatic carbocycles. The van der Waals surface area contributed by atoms with E-state index in [9.17, 15) is 4.11 Å². The van der Waals surface area contributed by atoms with Crippen molar-refractivity contribution in [2.75, 3.05) is 9.80 Å². The van der Waals surface area contributed by atoms with Crippen molar-refractivity contribution in [1.29, 1.82) is 0 Å². The summed E-state index contributed by atoms with van der Waals surface area (Å²) in [6, 6.07) is 88.3. The summed E-state index contributed by atoms with van der Waals surface area (Å²) in [6.07, 6.45) is 5.48. The summed E-state index contributed by atoms with van der Waals surface area (Å²) in [5.74, 6) is 0. The fourth-order valence-corrected chi connectivity index (χ4v) is 18.4. The van der Waals surface area contributed by atoms with Crippen LogP contribution in [-0.2, 0) is 28.1 Å². The molecule has 2 aliphatic heterocycles. The van der Waals surface area contributed by atoms with E-state index >= 15 is 0 Å². The molecule has 102 heavy (non-hydrogen) atoms. The number of aromatic nitrogens is 1. The van der Waals surface area contributed by atoms with Crippen LogP contribution in [0.3, 0.4) is 0 Å². The number of rotatable bonds is 7. The predicted octanol–water partition coefficient (Wildman–Crippen LogP) is 25.4. The van der Waals surface area contributed by atoms with Crippen molar-refractivity contribution in [1.82, 2.24) is 4.57 Å². The summed E-state index contributed by atoms with van der Waals surface area (Å²) >= 11 is 1.82. The van der Waals surface area contributed by atoms with E-state index in [0.29, 0.717) is 16.8 Å². The first kappa shape index (κ1) is 59.0. The van der Waals surface area contributed by atoms with Crippen LogP contribution in [0.25, 0.3) is 120 Å². The fraction of sp³-hybridized carbons (Fsp3) is 0.175. The highest BCUT2D eigenvalue weighted by atomic mass is 32.1. The number of benzene rings is 14. The van der Waals surface area contributed by atoms with E-state index in [1.54, 1.807) is 0 Å². The van der Waals surface area contributed by atoms with Gasteiger partial charge in [0.25, 0.3) is 6.71 Å². The van der Waals surface area contributed by atoms with Gasteiger partial charge in [-0.15, -0.1) is 11.3 Å². The Labute approximate surface area is 608 Å². The van der Waals surface area contributed by atoms with Gasteiger partial charge in [0.1, 0.15) is 0 Å². The Hall–Kier alpha value is -10.7. The lowest BCUT2D eigenvalue weighted by Crippen LogP contribution is -2.60. The molecule has 0 spiro atoms. The standard InChI is InChI=1S/C97H82BN3S/c1-94(2,3)66-44-46-72-84(56-66)102-93-92(72)101(91-75(60-32-21-15-22-33-60)52-68(96(7,8)9)53-76(91)61-34-23-16-24-35-61)83-55-69(97(10,11)12)54-82-89(83)98(93)78-47-45-70(57-80(78)100(82)90-73(58-28-17-13-18-29-58)50-67(95(4,5)6)51-74(90)59-30-19-14-20-31-59)99-79-39-26-25-38-71(79)88-77-48-64-37-27-36-62-40-41-63-42-43-65(49-81(88)99)86(77)87(63)85(62)64/h13-35,37-57H,36H2,1-12H3/i45D,47D,57D. The molecule has 16 aromatic rings. The van der Waals surface area contributed by atoms with Crippen LogP contribution < -0.4 is 25.5 Å². The summed E-state index contributed by atoms with van der Waals surface area (Å²) in [4.78, 5) is 5.10. The van der Waals surface area contributed by atoms with Gasteiger partial charge in [0.2, 0.25) is 0 Å². The third-order valence-corrected chi connectivity index (χ3v) is 23.6. The molecule has 0 radical (unpaired) electrons. The second-order valence-corrected chi connectivity index (χ2v) is 34.0. The van der Waals surface area contributed by atoms with Crippen molar-refractivity contribution >= 4 is 138 Å². The van der Waals surface area contributed by atoms with E-state index in [4.69, 9.17) is 0 Å². The summed E-state index contributed by atoms with van der Waals surface area (Å²) in [5, 5.41) is 10.5. The van der Waals surface area contributed by atoms with Gasteiger partial charge in [-0.3, -0.25) is 0 Å². The van der Waals surface area contributed by atoms with E-state index in [1.165, 1.54) is 49.4 Å². The van der Waals surface area contributed by atoms with Crippen LogP contribution >= 0.6 is 11.3 Å². The molecule has 14 aromatic carbocycles. The fourth-order valence-electron chi connectivity index (χ4n) is 17.1. The van der Waals surface area contributed by atoms with E-state index < -0.39 is 12.1 Å². The number of nitrogens with zero attached hydrogens (tertiary/aromatic N) is 3. The summed E-state index contributed by atoms with van der Waals surface area (Å²) < 4.78 is 39.2. The van der Waals surface area contributed by atoms with Crippen LogP contribution in [0, 0.1) is 0 Å². The van der Waals surface area contributed by atoms with Gasteiger partial charge in [-0.2, -0.15) is 0 Å². The number of hydrogen-bond acceptors (Lipinski definition) is 3. The minimum Gasteiger partial charge on any atom is -0.310 e. The molecule has 5 heteroatoms. The highest BCUT2D eigenvalue weighted by molar-refractivity contribution is 7.33. The van der Waals surface area contributed by atoms with E-state index in [-0.39, 0.29) is 34.4 Å². The lowest BCUT2D eigenvalue weighted by molar-refractivity contribution is 0.590. The first-order chi connectivity index (χ1) is 50.4. The van der Waals surface area contributed by atoms with Crippen LogP contribution in [0.15, 0.2) is 261 Å². The molecule has 3 nitrogen and oxygen atoms in total. The Bertz CT molecular complexity index is 6260. The molecule has 2 aromatic heterocycles. The number of allylic oxidation sites excluding steroid dienone is 1. The van der Waals surface area contributed by atoms with Crippen LogP contribution in [0.4, 0.5) is 34.1 Å². The SMILES string of the molecule is [2H]c1c([2H])c(-n2c3ccccc3c3c4cc5c6c(ccc7ccc(cc32)c4c76)CC=C5)c([2H])c2c1B1c3sc4cc(C(C)(C)C)ccc4c3N(c3c(-c4ccccc4)cc(C(C)(C)C)cc3-c3ccccc3)c3cc(C(C)(C)C)cc(c31)N2c1c(-c2ccccc2)cc(C(C)(C)C)cc1-c1ccccc1. The molecular formula is C97H82BN3S. The number of thiophene rings is 1. The molecule has 4 heterocycles. The molecule has 0 N–H and O–H groups in total. The number of anilines is 6. The van der Waals surface area contributed by atoms with E-state index in [1.807, 2.05) is 11.3 Å². The second-order valence-electron chi connectivity index (χ2n) is 33.0. The molecule has 0 atom stereocenters. The van der Waals surface area contributed by atoms with Crippen LogP contribution in [-0.4, -0.2) is 11.3 Å². The van der Waals surface area contributed by atoms with Crippen molar-refractivity contribution in [2.45, 2.75) is 111 Å². The Morgan fingerprint density at radius 2 is 0.902 bits per heavy atom. The maximum absolute atomic E-state index is 12.0. The topological polar surface area (TPSA) is 11.4 Å². The number of hydrogen-bond donors (Lipinski definition) is 0. The average Bonchev–Trinajstić information content (AvgIpc) is 1.67. The van der Waals surface area contributed by atoms with Gasteiger partial charge < -0.3 is 14.4 Å². The molecular weight excluding hydrogens is 1250 g/mol. The first-order valence-electron chi connectivity index (χ1n) is 37.8. The Balaban J connectivity index is 1.03. The van der Waals surface area contributed by atoms with Crippen molar-refractivity contribution in [3.63, 3.8) is 0 Å². The quantitative estimate of drug-likeness (QED) is 0.116. The zero-order valence-electron chi connectivity index (χ0n) is 63.2. The van der Waals surface area contributed by atoms with E-state index in [0.717, 1.165) is 138 Å². The summed E-state index contributed by atoms with van der Waals surface area (Å²) in [6.45, 7) is 27.2. The molecule has 19 rings (SSSR count). The molecule has 0 unspecified atom stereocenters. The maximum atomic E-state index is 12.0. The van der Waals surface area contributed by atoms with Crippen LogP contribution in [0.2, 0.25) is 0 Å². The molecule has 0 bridgehead atoms. The Morgan fingerprint density at radius 3 is 1.47 bits per heavy atom. The predicted molar refractivity (Wildman–Crippen MR) is 443 cm³/mol. The Kier molecular flexibility index (Phi) is 13.0. The van der Waals surface area contributed by atoms with Gasteiger partial charge in [0.05, 0.1) is 32.2 Å². The highest BCUT2D eigenvalue weighted by Gasteiger charge is 2.48. The molecule has 0 saturated carbocycles. The Morgan fingerprint density at radius 1 is 0.392 bits per heavy atom. The summed E-state index contributed by atoms with van der Waals surface area (Å²) in [5.41, 5.74) is 24.1. The molecule has 0 fully saturated rings. The van der Waals surface area contributed by atoms with Gasteiger partial charge >= 0.3 is 0 Å².